The van der Waals surface area contributed by atoms with Crippen molar-refractivity contribution >= 4 is 56.1 Å². The molecular formula is C67H60N2O. The molecule has 344 valence electrons. The highest BCUT2D eigenvalue weighted by Crippen LogP contribution is 2.62. The van der Waals surface area contributed by atoms with Gasteiger partial charge in [0.2, 0.25) is 0 Å². The van der Waals surface area contributed by atoms with E-state index in [2.05, 4.69) is 258 Å². The molecule has 0 aliphatic heterocycles. The van der Waals surface area contributed by atoms with Crippen molar-refractivity contribution in [1.29, 1.82) is 0 Å². The summed E-state index contributed by atoms with van der Waals surface area (Å²) in [6.45, 7) is 13.7. The van der Waals surface area contributed by atoms with E-state index < -0.39 is 0 Å². The van der Waals surface area contributed by atoms with E-state index in [-0.39, 0.29) is 16.2 Å². The molecule has 0 atom stereocenters. The second-order valence-corrected chi connectivity index (χ2v) is 21.7. The highest BCUT2D eigenvalue weighted by atomic mass is 16.3. The van der Waals surface area contributed by atoms with E-state index in [1.165, 1.54) is 68.5 Å². The number of anilines is 6. The van der Waals surface area contributed by atoms with Crippen LogP contribution < -0.4 is 9.80 Å². The van der Waals surface area contributed by atoms with E-state index in [1.807, 2.05) is 0 Å². The van der Waals surface area contributed by atoms with Crippen molar-refractivity contribution in [1.82, 2.24) is 0 Å². The summed E-state index contributed by atoms with van der Waals surface area (Å²) < 4.78 is 7.22. The second-order valence-electron chi connectivity index (χ2n) is 21.7. The lowest BCUT2D eigenvalue weighted by molar-refractivity contribution is 0.549. The first kappa shape index (κ1) is 43.6. The molecule has 12 rings (SSSR count). The third-order valence-corrected chi connectivity index (χ3v) is 15.3. The molecule has 0 amide bonds. The van der Waals surface area contributed by atoms with Gasteiger partial charge in [0.15, 0.2) is 0 Å². The number of benzene rings is 9. The van der Waals surface area contributed by atoms with Crippen molar-refractivity contribution in [2.45, 2.75) is 83.5 Å². The van der Waals surface area contributed by atoms with Crippen LogP contribution in [0.15, 0.2) is 211 Å². The Morgan fingerprint density at radius 2 is 0.857 bits per heavy atom. The van der Waals surface area contributed by atoms with Gasteiger partial charge >= 0.3 is 0 Å². The molecule has 3 heteroatoms. The number of fused-ring (bicyclic) bond motifs is 9. The average Bonchev–Trinajstić information content (AvgIpc) is 4.10. The van der Waals surface area contributed by atoms with Crippen LogP contribution >= 0.6 is 0 Å². The predicted molar refractivity (Wildman–Crippen MR) is 296 cm³/mol. The van der Waals surface area contributed by atoms with Crippen molar-refractivity contribution < 1.29 is 4.42 Å². The SMILES string of the molecule is CC(C)(C)c1ccc(N(c2ccc(-c3ccccc3)cc2)c2ccc3c(c2)C2(CCCC2)c2cc(N(c4ccc(-c5ccccc5)cc4)c4ccc(C(C)(C)C)cc4)c4c(oc5ccccc54)c2-3)cc1. The summed E-state index contributed by atoms with van der Waals surface area (Å²) in [5.41, 5.74) is 21.4. The van der Waals surface area contributed by atoms with Crippen molar-refractivity contribution in [2.75, 3.05) is 9.80 Å². The molecule has 9 aromatic carbocycles. The molecule has 0 unspecified atom stereocenters. The van der Waals surface area contributed by atoms with Gasteiger partial charge in [0.05, 0.1) is 11.1 Å². The summed E-state index contributed by atoms with van der Waals surface area (Å²) >= 11 is 0. The zero-order chi connectivity index (χ0) is 47.8. The molecule has 1 saturated carbocycles. The summed E-state index contributed by atoms with van der Waals surface area (Å²) in [5, 5.41) is 2.27. The number of hydrogen-bond acceptors (Lipinski definition) is 3. The van der Waals surface area contributed by atoms with Gasteiger partial charge in [-0.05, 0) is 147 Å². The zero-order valence-corrected chi connectivity index (χ0v) is 41.3. The summed E-state index contributed by atoms with van der Waals surface area (Å²) in [6.07, 6.45) is 4.52. The molecule has 3 nitrogen and oxygen atoms in total. The highest BCUT2D eigenvalue weighted by Gasteiger charge is 2.47. The van der Waals surface area contributed by atoms with Gasteiger partial charge in [0.1, 0.15) is 11.2 Å². The Kier molecular flexibility index (Phi) is 10.5. The fraction of sp³-hybridized carbons (Fsp3) is 0.194. The Balaban J connectivity index is 1.06. The van der Waals surface area contributed by atoms with Crippen molar-refractivity contribution in [3.63, 3.8) is 0 Å². The molecule has 1 fully saturated rings. The summed E-state index contributed by atoms with van der Waals surface area (Å²) in [4.78, 5) is 4.95. The van der Waals surface area contributed by atoms with Crippen LogP contribution in [0, 0.1) is 0 Å². The van der Waals surface area contributed by atoms with E-state index in [4.69, 9.17) is 4.42 Å². The molecule has 0 radical (unpaired) electrons. The third-order valence-electron chi connectivity index (χ3n) is 15.3. The maximum atomic E-state index is 7.22. The van der Waals surface area contributed by atoms with Gasteiger partial charge in [-0.2, -0.15) is 0 Å². The quantitative estimate of drug-likeness (QED) is 0.151. The van der Waals surface area contributed by atoms with Crippen LogP contribution in [0.2, 0.25) is 0 Å². The van der Waals surface area contributed by atoms with Crippen LogP contribution in [0.3, 0.4) is 0 Å². The number of nitrogens with zero attached hydrogens (tertiary/aromatic N) is 2. The van der Waals surface area contributed by atoms with Gasteiger partial charge in [0.25, 0.3) is 0 Å². The van der Waals surface area contributed by atoms with E-state index in [0.717, 1.165) is 68.9 Å². The van der Waals surface area contributed by atoms with Gasteiger partial charge in [0, 0.05) is 44.8 Å². The molecule has 10 aromatic rings. The minimum atomic E-state index is -0.180. The summed E-state index contributed by atoms with van der Waals surface area (Å²) in [6, 6.07) is 76.5. The lowest BCUT2D eigenvalue weighted by Gasteiger charge is -2.32. The van der Waals surface area contributed by atoms with Gasteiger partial charge in [-0.25, -0.2) is 0 Å². The molecule has 1 heterocycles. The number of para-hydroxylation sites is 1. The lowest BCUT2D eigenvalue weighted by Crippen LogP contribution is -2.22. The Morgan fingerprint density at radius 1 is 0.414 bits per heavy atom. The van der Waals surface area contributed by atoms with Crippen molar-refractivity contribution in [2.24, 2.45) is 0 Å². The van der Waals surface area contributed by atoms with Crippen LogP contribution in [-0.2, 0) is 16.2 Å². The molecule has 0 bridgehead atoms. The van der Waals surface area contributed by atoms with E-state index in [0.29, 0.717) is 0 Å². The Bertz CT molecular complexity index is 3510. The molecule has 1 spiro atoms. The van der Waals surface area contributed by atoms with Gasteiger partial charge in [-0.3, -0.25) is 0 Å². The summed E-state index contributed by atoms with van der Waals surface area (Å²) in [7, 11) is 0. The topological polar surface area (TPSA) is 19.6 Å². The van der Waals surface area contributed by atoms with Crippen LogP contribution in [0.1, 0.15) is 89.5 Å². The van der Waals surface area contributed by atoms with Crippen LogP contribution in [-0.4, -0.2) is 0 Å². The number of hydrogen-bond donors (Lipinski definition) is 0. The fourth-order valence-electron chi connectivity index (χ4n) is 11.6. The zero-order valence-electron chi connectivity index (χ0n) is 41.3. The standard InChI is InChI=1S/C67H60N2O/c1-65(2,3)49-27-35-52(36-28-49)68(51-31-23-47(24-32-51)45-17-9-7-10-18-45)55-39-40-56-58(43-55)67(41-15-16-42-67)59-44-60(63-57-21-13-14-22-61(57)70-64(63)62(56)59)69(54-37-29-50(30-38-54)66(4,5)6)53-33-25-48(26-34-53)46-19-11-8-12-20-46/h7-14,17-40,43-44H,15-16,41-42H2,1-6H3. The first-order chi connectivity index (χ1) is 33.9. The molecule has 2 aliphatic rings. The number of rotatable bonds is 8. The van der Waals surface area contributed by atoms with Crippen LogP contribution in [0.4, 0.5) is 34.1 Å². The lowest BCUT2D eigenvalue weighted by atomic mass is 9.76. The molecule has 70 heavy (non-hydrogen) atoms. The Labute approximate surface area is 413 Å². The van der Waals surface area contributed by atoms with E-state index >= 15 is 0 Å². The normalized spacial score (nSPS) is 14.0. The van der Waals surface area contributed by atoms with Crippen LogP contribution in [0.25, 0.3) is 55.3 Å². The molecule has 2 aliphatic carbocycles. The minimum absolute atomic E-state index is 0.0266. The highest BCUT2D eigenvalue weighted by molar-refractivity contribution is 6.19. The minimum Gasteiger partial charge on any atom is -0.455 e. The third kappa shape index (κ3) is 7.42. The van der Waals surface area contributed by atoms with E-state index in [9.17, 15) is 0 Å². The van der Waals surface area contributed by atoms with Gasteiger partial charge in [-0.15, -0.1) is 0 Å². The van der Waals surface area contributed by atoms with E-state index in [1.54, 1.807) is 0 Å². The first-order valence-electron chi connectivity index (χ1n) is 25.2. The monoisotopic (exact) mass is 908 g/mol. The molecule has 0 N–H and O–H groups in total. The van der Waals surface area contributed by atoms with Crippen molar-refractivity contribution in [3.8, 4) is 33.4 Å². The molecule has 0 saturated heterocycles. The maximum absolute atomic E-state index is 7.22. The maximum Gasteiger partial charge on any atom is 0.145 e. The summed E-state index contributed by atoms with van der Waals surface area (Å²) in [5.74, 6) is 0. The first-order valence-corrected chi connectivity index (χ1v) is 25.2. The number of furan rings is 1. The van der Waals surface area contributed by atoms with Gasteiger partial charge < -0.3 is 14.2 Å². The molecular weight excluding hydrogens is 849 g/mol. The predicted octanol–water partition coefficient (Wildman–Crippen LogP) is 19.3. The van der Waals surface area contributed by atoms with Crippen LogP contribution in [0.5, 0.6) is 0 Å². The fourth-order valence-corrected chi connectivity index (χ4v) is 11.6. The van der Waals surface area contributed by atoms with Crippen molar-refractivity contribution in [3.05, 3.63) is 229 Å². The molecule has 1 aromatic heterocycles. The second kappa shape index (κ2) is 16.8. The Morgan fingerprint density at radius 3 is 1.37 bits per heavy atom. The largest absolute Gasteiger partial charge is 0.455 e. The average molecular weight is 909 g/mol. The smallest absolute Gasteiger partial charge is 0.145 e. The van der Waals surface area contributed by atoms with Gasteiger partial charge in [-0.1, -0.05) is 188 Å². The Hall–Kier alpha value is -7.62.